The molecule has 0 aliphatic carbocycles. The third-order valence-corrected chi connectivity index (χ3v) is 6.57. The third-order valence-electron chi connectivity index (χ3n) is 4.82. The smallest absolute Gasteiger partial charge is 0.265 e. The van der Waals surface area contributed by atoms with Gasteiger partial charge in [0.05, 0.1) is 19.1 Å². The first-order chi connectivity index (χ1) is 14.9. The number of benzene rings is 2. The topological polar surface area (TPSA) is 105 Å². The van der Waals surface area contributed by atoms with Crippen LogP contribution in [0, 0.1) is 11.8 Å². The molecule has 3 N–H and O–H groups in total. The lowest BCUT2D eigenvalue weighted by atomic mass is 9.96. The molecule has 2 rings (SSSR count). The SMILES string of the molecule is CCOc1cc(NC(=O)[C@@H](CO)C(C)C)ccc1S(=O)(=O)Nc1cccc(C(C)(F)P)c1. The van der Waals surface area contributed by atoms with E-state index in [0.29, 0.717) is 11.3 Å². The van der Waals surface area contributed by atoms with Crippen molar-refractivity contribution in [1.82, 2.24) is 0 Å². The molecule has 3 atom stereocenters. The summed E-state index contributed by atoms with van der Waals surface area (Å²) in [6.45, 7) is 6.61. The van der Waals surface area contributed by atoms with Crippen LogP contribution in [-0.2, 0) is 20.2 Å². The molecule has 32 heavy (non-hydrogen) atoms. The lowest BCUT2D eigenvalue weighted by Crippen LogP contribution is -2.29. The molecule has 0 saturated heterocycles. The van der Waals surface area contributed by atoms with E-state index in [2.05, 4.69) is 19.3 Å². The highest BCUT2D eigenvalue weighted by molar-refractivity contribution is 7.92. The molecule has 1 amide bonds. The molecule has 0 saturated carbocycles. The van der Waals surface area contributed by atoms with E-state index in [0.717, 1.165) is 0 Å². The number of aliphatic hydroxyl groups is 1. The Morgan fingerprint density at radius 3 is 2.47 bits per heavy atom. The number of hydrogen-bond donors (Lipinski definition) is 3. The highest BCUT2D eigenvalue weighted by Gasteiger charge is 2.25. The van der Waals surface area contributed by atoms with Crippen molar-refractivity contribution >= 4 is 36.5 Å². The van der Waals surface area contributed by atoms with Crippen molar-refractivity contribution in [3.8, 4) is 5.75 Å². The van der Waals surface area contributed by atoms with Gasteiger partial charge in [-0.15, -0.1) is 0 Å². The standard InChI is InChI=1S/C22H30FN2O5PS/c1-5-30-19-12-16(24-21(27)18(13-26)14(2)3)9-10-20(19)32(28,29)25-17-8-6-7-15(11-17)22(4,23)31/h6-12,14,18,25-26H,5,13,31H2,1-4H3,(H,24,27)/t18-,22?/m0/s1. The highest BCUT2D eigenvalue weighted by atomic mass is 32.2. The Bertz CT molecular complexity index is 1050. The van der Waals surface area contributed by atoms with Crippen molar-refractivity contribution in [3.63, 3.8) is 0 Å². The van der Waals surface area contributed by atoms with Gasteiger partial charge in [-0.2, -0.15) is 0 Å². The number of carbonyl (C=O) groups is 1. The number of aliphatic hydroxyl groups excluding tert-OH is 1. The predicted octanol–water partition coefficient (Wildman–Crippen LogP) is 4.11. The maximum absolute atomic E-state index is 14.2. The quantitative estimate of drug-likeness (QED) is 0.441. The molecule has 0 aliphatic heterocycles. The number of rotatable bonds is 10. The van der Waals surface area contributed by atoms with E-state index in [9.17, 15) is 22.7 Å². The van der Waals surface area contributed by atoms with Crippen LogP contribution in [0.4, 0.5) is 15.8 Å². The lowest BCUT2D eigenvalue weighted by Gasteiger charge is -2.19. The second kappa shape index (κ2) is 10.6. The van der Waals surface area contributed by atoms with Crippen LogP contribution in [0.25, 0.3) is 0 Å². The zero-order valence-corrected chi connectivity index (χ0v) is 20.5. The first-order valence-electron chi connectivity index (χ1n) is 10.2. The molecule has 2 aromatic rings. The summed E-state index contributed by atoms with van der Waals surface area (Å²) in [5.41, 5.74) is 0.848. The Morgan fingerprint density at radius 2 is 1.91 bits per heavy atom. The van der Waals surface area contributed by atoms with Crippen molar-refractivity contribution < 1.29 is 27.4 Å². The van der Waals surface area contributed by atoms with Gasteiger partial charge < -0.3 is 15.2 Å². The largest absolute Gasteiger partial charge is 0.492 e. The maximum Gasteiger partial charge on any atom is 0.265 e. The Labute approximate surface area is 191 Å². The number of hydrogen-bond acceptors (Lipinski definition) is 5. The average molecular weight is 485 g/mol. The van der Waals surface area contributed by atoms with E-state index < -0.39 is 21.4 Å². The van der Waals surface area contributed by atoms with E-state index in [4.69, 9.17) is 4.74 Å². The molecule has 0 fully saturated rings. The average Bonchev–Trinajstić information content (AvgIpc) is 2.67. The first kappa shape index (κ1) is 26.0. The summed E-state index contributed by atoms with van der Waals surface area (Å²) in [6, 6.07) is 10.2. The Hall–Kier alpha value is -2.22. The van der Waals surface area contributed by atoms with Crippen molar-refractivity contribution in [3.05, 3.63) is 48.0 Å². The number of halogens is 1. The van der Waals surface area contributed by atoms with E-state index in [-0.39, 0.29) is 41.4 Å². The fourth-order valence-corrected chi connectivity index (χ4v) is 4.36. The van der Waals surface area contributed by atoms with Gasteiger partial charge in [0.2, 0.25) is 5.91 Å². The Balaban J connectivity index is 2.35. The molecule has 0 spiro atoms. The van der Waals surface area contributed by atoms with E-state index in [1.165, 1.54) is 37.3 Å². The van der Waals surface area contributed by atoms with E-state index in [1.807, 2.05) is 13.8 Å². The van der Waals surface area contributed by atoms with Crippen LogP contribution >= 0.6 is 9.24 Å². The summed E-state index contributed by atoms with van der Waals surface area (Å²) >= 11 is 0. The van der Waals surface area contributed by atoms with Gasteiger partial charge in [0.1, 0.15) is 16.1 Å². The highest BCUT2D eigenvalue weighted by Crippen LogP contribution is 2.35. The van der Waals surface area contributed by atoms with Crippen LogP contribution in [0.3, 0.4) is 0 Å². The fraction of sp³-hybridized carbons (Fsp3) is 0.409. The van der Waals surface area contributed by atoms with Crippen molar-refractivity contribution in [2.24, 2.45) is 11.8 Å². The third kappa shape index (κ3) is 6.64. The van der Waals surface area contributed by atoms with Gasteiger partial charge in [0.25, 0.3) is 10.0 Å². The number of sulfonamides is 1. The number of carbonyl (C=O) groups excluding carboxylic acids is 1. The maximum atomic E-state index is 14.2. The summed E-state index contributed by atoms with van der Waals surface area (Å²) < 4.78 is 48.2. The zero-order valence-electron chi connectivity index (χ0n) is 18.6. The van der Waals surface area contributed by atoms with Gasteiger partial charge in [0, 0.05) is 17.4 Å². The van der Waals surface area contributed by atoms with Crippen LogP contribution in [-0.4, -0.2) is 32.6 Å². The van der Waals surface area contributed by atoms with Crippen molar-refractivity contribution in [2.45, 2.75) is 38.0 Å². The van der Waals surface area contributed by atoms with Crippen LogP contribution in [0.5, 0.6) is 5.75 Å². The molecule has 0 heterocycles. The molecule has 10 heteroatoms. The van der Waals surface area contributed by atoms with Crippen LogP contribution in [0.15, 0.2) is 47.4 Å². The molecular weight excluding hydrogens is 454 g/mol. The number of nitrogens with one attached hydrogen (secondary N) is 2. The summed E-state index contributed by atoms with van der Waals surface area (Å²) in [7, 11) is -2.00. The van der Waals surface area contributed by atoms with E-state index >= 15 is 0 Å². The normalized spacial score (nSPS) is 14.5. The molecule has 176 valence electrons. The van der Waals surface area contributed by atoms with Crippen molar-refractivity contribution in [1.29, 1.82) is 0 Å². The van der Waals surface area contributed by atoms with Crippen LogP contribution in [0.1, 0.15) is 33.3 Å². The summed E-state index contributed by atoms with van der Waals surface area (Å²) in [5.74, 6) is -0.984. The van der Waals surface area contributed by atoms with Crippen LogP contribution in [0.2, 0.25) is 0 Å². The van der Waals surface area contributed by atoms with Gasteiger partial charge in [-0.1, -0.05) is 35.2 Å². The van der Waals surface area contributed by atoms with Crippen molar-refractivity contribution in [2.75, 3.05) is 23.3 Å². The molecule has 2 unspecified atom stereocenters. The van der Waals surface area contributed by atoms with Gasteiger partial charge in [-0.25, -0.2) is 12.8 Å². The van der Waals surface area contributed by atoms with Gasteiger partial charge >= 0.3 is 0 Å². The minimum absolute atomic E-state index is 0.0560. The monoisotopic (exact) mass is 484 g/mol. The molecular formula is C22H30FN2O5PS. The Kier molecular flexibility index (Phi) is 8.62. The molecule has 0 radical (unpaired) electrons. The number of amides is 1. The Morgan fingerprint density at radius 1 is 1.22 bits per heavy atom. The summed E-state index contributed by atoms with van der Waals surface area (Å²) in [5, 5.41) is 10.4. The van der Waals surface area contributed by atoms with Gasteiger partial charge in [-0.3, -0.25) is 9.52 Å². The summed E-state index contributed by atoms with van der Waals surface area (Å²) in [6.07, 6.45) is 0. The van der Waals surface area contributed by atoms with Gasteiger partial charge in [-0.05, 0) is 49.6 Å². The zero-order chi connectivity index (χ0) is 24.1. The number of ether oxygens (including phenoxy) is 1. The number of anilines is 2. The molecule has 7 nitrogen and oxygen atoms in total. The first-order valence-corrected chi connectivity index (χ1v) is 12.2. The molecule has 2 aromatic carbocycles. The fourth-order valence-electron chi connectivity index (χ4n) is 3.00. The second-order valence-corrected chi connectivity index (χ2v) is 10.6. The predicted molar refractivity (Wildman–Crippen MR) is 127 cm³/mol. The summed E-state index contributed by atoms with van der Waals surface area (Å²) in [4.78, 5) is 12.3. The molecule has 0 bridgehead atoms. The number of alkyl halides is 1. The molecule has 0 aromatic heterocycles. The van der Waals surface area contributed by atoms with Gasteiger partial charge in [0.15, 0.2) is 0 Å². The minimum atomic E-state index is -4.07. The second-order valence-electron chi connectivity index (χ2n) is 7.88. The lowest BCUT2D eigenvalue weighted by molar-refractivity contribution is -0.122. The van der Waals surface area contributed by atoms with E-state index in [1.54, 1.807) is 19.1 Å². The molecule has 0 aliphatic rings. The minimum Gasteiger partial charge on any atom is -0.492 e. The van der Waals surface area contributed by atoms with Crippen LogP contribution < -0.4 is 14.8 Å².